The molecule has 0 radical (unpaired) electrons. The molecule has 0 aromatic heterocycles. The van der Waals surface area contributed by atoms with Gasteiger partial charge in [0.05, 0.1) is 5.25 Å². The maximum atomic E-state index is 9.99. The van der Waals surface area contributed by atoms with E-state index in [1.54, 1.807) is 11.8 Å². The topological polar surface area (TPSA) is 17.1 Å². The fraction of sp³-hybridized carbons (Fsp3) is 0.800. The molecule has 1 rings (SSSR count). The van der Waals surface area contributed by atoms with Gasteiger partial charge in [0.2, 0.25) is 0 Å². The fourth-order valence-corrected chi connectivity index (χ4v) is 1.76. The van der Waals surface area contributed by atoms with Gasteiger partial charge < -0.3 is 4.79 Å². The Morgan fingerprint density at radius 3 is 2.86 bits per heavy atom. The van der Waals surface area contributed by atoms with E-state index in [1.165, 1.54) is 12.2 Å². The minimum atomic E-state index is 0.333. The van der Waals surface area contributed by atoms with E-state index in [-0.39, 0.29) is 0 Å². The summed E-state index contributed by atoms with van der Waals surface area (Å²) < 4.78 is 0. The molecule has 1 fully saturated rings. The van der Waals surface area contributed by atoms with E-state index in [9.17, 15) is 4.79 Å². The molecule has 1 aliphatic rings. The third-order valence-electron chi connectivity index (χ3n) is 1.12. The van der Waals surface area contributed by atoms with Crippen LogP contribution in [0.5, 0.6) is 0 Å². The van der Waals surface area contributed by atoms with E-state index in [0.29, 0.717) is 5.25 Å². The zero-order chi connectivity index (χ0) is 5.11. The van der Waals surface area contributed by atoms with Crippen LogP contribution in [0.1, 0.15) is 12.8 Å². The maximum Gasteiger partial charge on any atom is 0.132 e. The van der Waals surface area contributed by atoms with Gasteiger partial charge in [0.1, 0.15) is 6.29 Å². The molecule has 7 heavy (non-hydrogen) atoms. The average Bonchev–Trinajstić information content (AvgIpc) is 2.14. The number of rotatable bonds is 1. The molecule has 0 N–H and O–H groups in total. The molecule has 1 aliphatic heterocycles. The van der Waals surface area contributed by atoms with Gasteiger partial charge in [0.15, 0.2) is 0 Å². The summed E-state index contributed by atoms with van der Waals surface area (Å²) in [6.07, 6.45) is 3.39. The maximum absolute atomic E-state index is 9.99. The summed E-state index contributed by atoms with van der Waals surface area (Å²) in [5, 5.41) is 0.333. The van der Waals surface area contributed by atoms with E-state index in [2.05, 4.69) is 0 Å². The lowest BCUT2D eigenvalue weighted by Crippen LogP contribution is -1.94. The van der Waals surface area contributed by atoms with Gasteiger partial charge in [-0.3, -0.25) is 0 Å². The van der Waals surface area contributed by atoms with Gasteiger partial charge in [-0.05, 0) is 18.6 Å². The van der Waals surface area contributed by atoms with Crippen LogP contribution in [0.25, 0.3) is 0 Å². The molecular formula is C5H8OS. The first-order valence-electron chi connectivity index (χ1n) is 2.50. The molecule has 1 saturated heterocycles. The number of thioether (sulfide) groups is 1. The molecule has 0 aliphatic carbocycles. The molecule has 0 aromatic rings. The lowest BCUT2D eigenvalue weighted by atomic mass is 10.3. The number of carbonyl (C=O) groups is 1. The fourth-order valence-electron chi connectivity index (χ4n) is 0.710. The lowest BCUT2D eigenvalue weighted by molar-refractivity contribution is -0.107. The molecule has 0 saturated carbocycles. The molecule has 0 spiro atoms. The second-order valence-corrected chi connectivity index (χ2v) is 3.03. The monoisotopic (exact) mass is 116 g/mol. The van der Waals surface area contributed by atoms with E-state index < -0.39 is 0 Å². The summed E-state index contributed by atoms with van der Waals surface area (Å²) in [4.78, 5) is 9.99. The van der Waals surface area contributed by atoms with Crippen molar-refractivity contribution in [2.45, 2.75) is 18.1 Å². The van der Waals surface area contributed by atoms with Gasteiger partial charge in [-0.15, -0.1) is 0 Å². The molecule has 0 aromatic carbocycles. The standard InChI is InChI=1S/C5H8OS/c6-4-5-2-1-3-7-5/h4-5H,1-3H2/t5-/m1/s1. The van der Waals surface area contributed by atoms with Gasteiger partial charge in [0.25, 0.3) is 0 Å². The highest BCUT2D eigenvalue weighted by Gasteiger charge is 2.12. The number of hydrogen-bond donors (Lipinski definition) is 0. The first kappa shape index (κ1) is 5.16. The van der Waals surface area contributed by atoms with Gasteiger partial charge in [0, 0.05) is 0 Å². The van der Waals surface area contributed by atoms with Crippen LogP contribution in [-0.2, 0) is 4.79 Å². The quantitative estimate of drug-likeness (QED) is 0.477. The largest absolute Gasteiger partial charge is 0.302 e. The highest BCUT2D eigenvalue weighted by molar-refractivity contribution is 8.00. The molecule has 0 unspecified atom stereocenters. The van der Waals surface area contributed by atoms with Gasteiger partial charge in [-0.1, -0.05) is 0 Å². The second kappa shape index (κ2) is 2.36. The smallest absolute Gasteiger partial charge is 0.132 e. The Labute approximate surface area is 47.5 Å². The first-order valence-corrected chi connectivity index (χ1v) is 3.55. The normalized spacial score (nSPS) is 30.6. The second-order valence-electron chi connectivity index (χ2n) is 1.69. The van der Waals surface area contributed by atoms with E-state index in [0.717, 1.165) is 12.7 Å². The summed E-state index contributed by atoms with van der Waals surface area (Å²) in [7, 11) is 0. The van der Waals surface area contributed by atoms with Crippen molar-refractivity contribution in [1.29, 1.82) is 0 Å². The zero-order valence-electron chi connectivity index (χ0n) is 4.09. The Morgan fingerprint density at radius 1 is 1.71 bits per heavy atom. The Kier molecular flexibility index (Phi) is 1.74. The lowest BCUT2D eigenvalue weighted by Gasteiger charge is -1.90. The summed E-state index contributed by atoms with van der Waals surface area (Å²) in [6.45, 7) is 0. The minimum absolute atomic E-state index is 0.333. The Bertz CT molecular complexity index is 66.5. The van der Waals surface area contributed by atoms with Crippen molar-refractivity contribution in [3.63, 3.8) is 0 Å². The van der Waals surface area contributed by atoms with Crippen molar-refractivity contribution in [3.05, 3.63) is 0 Å². The summed E-state index contributed by atoms with van der Waals surface area (Å²) in [5.41, 5.74) is 0. The van der Waals surface area contributed by atoms with Crippen LogP contribution in [0.3, 0.4) is 0 Å². The molecule has 1 heterocycles. The minimum Gasteiger partial charge on any atom is -0.302 e. The average molecular weight is 116 g/mol. The van der Waals surface area contributed by atoms with Crippen molar-refractivity contribution < 1.29 is 4.79 Å². The van der Waals surface area contributed by atoms with Crippen molar-refractivity contribution in [1.82, 2.24) is 0 Å². The van der Waals surface area contributed by atoms with Crippen LogP contribution in [-0.4, -0.2) is 17.3 Å². The molecule has 0 bridgehead atoms. The highest BCUT2D eigenvalue weighted by atomic mass is 32.2. The van der Waals surface area contributed by atoms with E-state index in [4.69, 9.17) is 0 Å². The van der Waals surface area contributed by atoms with E-state index in [1.807, 2.05) is 0 Å². The SMILES string of the molecule is O=C[C@H]1CCCS1. The van der Waals surface area contributed by atoms with Crippen molar-refractivity contribution in [3.8, 4) is 0 Å². The summed E-state index contributed by atoms with van der Waals surface area (Å²) >= 11 is 1.77. The third-order valence-corrected chi connectivity index (χ3v) is 2.42. The predicted molar refractivity (Wildman–Crippen MR) is 31.5 cm³/mol. The van der Waals surface area contributed by atoms with Crippen LogP contribution in [0.4, 0.5) is 0 Å². The van der Waals surface area contributed by atoms with Crippen molar-refractivity contribution >= 4 is 18.0 Å². The first-order chi connectivity index (χ1) is 3.43. The molecule has 1 atom stereocenters. The summed E-state index contributed by atoms with van der Waals surface area (Å²) in [5.74, 6) is 1.18. The van der Waals surface area contributed by atoms with Crippen molar-refractivity contribution in [2.24, 2.45) is 0 Å². The number of aldehydes is 1. The number of carbonyl (C=O) groups excluding carboxylic acids is 1. The van der Waals surface area contributed by atoms with Crippen LogP contribution in [0.2, 0.25) is 0 Å². The van der Waals surface area contributed by atoms with Crippen molar-refractivity contribution in [2.75, 3.05) is 5.75 Å². The highest BCUT2D eigenvalue weighted by Crippen LogP contribution is 2.23. The molecule has 40 valence electrons. The summed E-state index contributed by atoms with van der Waals surface area (Å²) in [6, 6.07) is 0. The van der Waals surface area contributed by atoms with Crippen LogP contribution in [0, 0.1) is 0 Å². The Morgan fingerprint density at radius 2 is 2.57 bits per heavy atom. The van der Waals surface area contributed by atoms with Crippen LogP contribution in [0.15, 0.2) is 0 Å². The third kappa shape index (κ3) is 1.20. The van der Waals surface area contributed by atoms with Gasteiger partial charge in [-0.2, -0.15) is 11.8 Å². The van der Waals surface area contributed by atoms with Crippen LogP contribution < -0.4 is 0 Å². The Balaban J connectivity index is 2.26. The Hall–Kier alpha value is 0.0200. The van der Waals surface area contributed by atoms with E-state index >= 15 is 0 Å². The molecule has 2 heteroatoms. The van der Waals surface area contributed by atoms with Gasteiger partial charge in [-0.25, -0.2) is 0 Å². The zero-order valence-corrected chi connectivity index (χ0v) is 4.91. The molecule has 0 amide bonds. The molecular weight excluding hydrogens is 108 g/mol. The molecule has 1 nitrogen and oxygen atoms in total. The predicted octanol–water partition coefficient (Wildman–Crippen LogP) is 1.08. The van der Waals surface area contributed by atoms with Gasteiger partial charge >= 0.3 is 0 Å². The van der Waals surface area contributed by atoms with Crippen LogP contribution >= 0.6 is 11.8 Å². The number of hydrogen-bond acceptors (Lipinski definition) is 2.